The Bertz CT molecular complexity index is 1490. The van der Waals surface area contributed by atoms with Gasteiger partial charge >= 0.3 is 0 Å². The summed E-state index contributed by atoms with van der Waals surface area (Å²) in [5, 5.41) is 1.61. The molecular formula is C27H24N2O4. The van der Waals surface area contributed by atoms with Crippen LogP contribution in [-0.4, -0.2) is 30.9 Å². The van der Waals surface area contributed by atoms with Crippen molar-refractivity contribution < 1.29 is 14.2 Å². The maximum Gasteiger partial charge on any atom is 0.203 e. The molecule has 0 saturated carbocycles. The molecule has 0 radical (unpaired) electrons. The van der Waals surface area contributed by atoms with E-state index in [9.17, 15) is 4.79 Å². The maximum absolute atomic E-state index is 13.1. The van der Waals surface area contributed by atoms with Gasteiger partial charge in [-0.1, -0.05) is 30.3 Å². The second kappa shape index (κ2) is 8.39. The van der Waals surface area contributed by atoms with Gasteiger partial charge in [0, 0.05) is 35.4 Å². The van der Waals surface area contributed by atoms with Gasteiger partial charge in [-0.25, -0.2) is 0 Å². The molecule has 6 heteroatoms. The fourth-order valence-electron chi connectivity index (χ4n) is 4.36. The van der Waals surface area contributed by atoms with Gasteiger partial charge in [0.1, 0.15) is 0 Å². The highest BCUT2D eigenvalue weighted by molar-refractivity contribution is 6.05. The van der Waals surface area contributed by atoms with Crippen LogP contribution in [0.2, 0.25) is 0 Å². The van der Waals surface area contributed by atoms with Crippen molar-refractivity contribution in [2.75, 3.05) is 21.3 Å². The first-order valence-corrected chi connectivity index (χ1v) is 10.6. The molecular weight excluding hydrogens is 416 g/mol. The molecule has 0 aliphatic carbocycles. The van der Waals surface area contributed by atoms with E-state index in [0.717, 1.165) is 33.2 Å². The van der Waals surface area contributed by atoms with Gasteiger partial charge in [-0.05, 0) is 41.5 Å². The number of hydrogen-bond acceptors (Lipinski definition) is 4. The van der Waals surface area contributed by atoms with Crippen molar-refractivity contribution in [3.63, 3.8) is 0 Å². The highest BCUT2D eigenvalue weighted by atomic mass is 16.5. The van der Waals surface area contributed by atoms with Crippen molar-refractivity contribution in [3.8, 4) is 28.5 Å². The van der Waals surface area contributed by atoms with Crippen LogP contribution in [0.5, 0.6) is 17.2 Å². The smallest absolute Gasteiger partial charge is 0.203 e. The fourth-order valence-corrected chi connectivity index (χ4v) is 4.36. The lowest BCUT2D eigenvalue weighted by Gasteiger charge is -2.15. The van der Waals surface area contributed by atoms with Gasteiger partial charge in [-0.2, -0.15) is 0 Å². The van der Waals surface area contributed by atoms with Gasteiger partial charge in [0.05, 0.1) is 32.2 Å². The van der Waals surface area contributed by atoms with Crippen LogP contribution >= 0.6 is 0 Å². The summed E-state index contributed by atoms with van der Waals surface area (Å²) in [6.07, 6.45) is 2.00. The summed E-state index contributed by atoms with van der Waals surface area (Å²) >= 11 is 0. The summed E-state index contributed by atoms with van der Waals surface area (Å²) in [5.41, 5.74) is 4.59. The van der Waals surface area contributed by atoms with E-state index in [1.165, 1.54) is 0 Å². The number of benzene rings is 3. The Morgan fingerprint density at radius 3 is 2.24 bits per heavy atom. The predicted molar refractivity (Wildman–Crippen MR) is 131 cm³/mol. The first-order chi connectivity index (χ1) is 16.1. The molecule has 0 fully saturated rings. The number of fused-ring (bicyclic) bond motifs is 3. The normalized spacial score (nSPS) is 11.1. The molecule has 33 heavy (non-hydrogen) atoms. The SMILES string of the molecule is COc1cc(Cn2ccc3c4c(=O)cc(-c5ccccc5)[nH]c4ccc32)cc(OC)c1OC. The van der Waals surface area contributed by atoms with Crippen molar-refractivity contribution in [2.24, 2.45) is 0 Å². The highest BCUT2D eigenvalue weighted by Crippen LogP contribution is 2.38. The Morgan fingerprint density at radius 2 is 1.58 bits per heavy atom. The van der Waals surface area contributed by atoms with Crippen LogP contribution in [0, 0.1) is 0 Å². The largest absolute Gasteiger partial charge is 0.493 e. The highest BCUT2D eigenvalue weighted by Gasteiger charge is 2.15. The molecule has 2 aromatic heterocycles. The molecule has 166 valence electrons. The van der Waals surface area contributed by atoms with Crippen LogP contribution < -0.4 is 19.6 Å². The molecule has 0 bridgehead atoms. The standard InChI is InChI=1S/C27H24N2O4/c1-31-24-13-17(14-25(32-2)27(24)33-3)16-29-12-11-19-22(29)10-9-20-26(19)23(30)15-21(28-20)18-7-5-4-6-8-18/h4-15H,16H2,1-3H3,(H,28,30). The van der Waals surface area contributed by atoms with Gasteiger partial charge < -0.3 is 23.8 Å². The molecule has 2 heterocycles. The van der Waals surface area contributed by atoms with Gasteiger partial charge in [0.15, 0.2) is 16.9 Å². The van der Waals surface area contributed by atoms with Crippen molar-refractivity contribution in [1.82, 2.24) is 9.55 Å². The fraction of sp³-hybridized carbons (Fsp3) is 0.148. The number of aromatic nitrogens is 2. The monoisotopic (exact) mass is 440 g/mol. The molecule has 0 aliphatic rings. The van der Waals surface area contributed by atoms with Crippen molar-refractivity contribution in [2.45, 2.75) is 6.54 Å². The molecule has 5 rings (SSSR count). The summed E-state index contributed by atoms with van der Waals surface area (Å²) in [6.45, 7) is 0.589. The third-order valence-corrected chi connectivity index (χ3v) is 5.91. The van der Waals surface area contributed by atoms with Gasteiger partial charge in [-0.3, -0.25) is 4.79 Å². The molecule has 0 saturated heterocycles. The molecule has 0 amide bonds. The van der Waals surface area contributed by atoms with E-state index in [2.05, 4.69) is 9.55 Å². The third-order valence-electron chi connectivity index (χ3n) is 5.91. The van der Waals surface area contributed by atoms with Crippen LogP contribution in [0.15, 0.2) is 77.7 Å². The second-order valence-corrected chi connectivity index (χ2v) is 7.81. The molecule has 0 atom stereocenters. The quantitative estimate of drug-likeness (QED) is 0.393. The summed E-state index contributed by atoms with van der Waals surface area (Å²) in [6, 6.07) is 21.4. The van der Waals surface area contributed by atoms with Crippen LogP contribution in [-0.2, 0) is 6.54 Å². The van der Waals surface area contributed by atoms with Crippen LogP contribution in [0.1, 0.15) is 5.56 Å². The van der Waals surface area contributed by atoms with Gasteiger partial charge in [-0.15, -0.1) is 0 Å². The number of methoxy groups -OCH3 is 3. The van der Waals surface area contributed by atoms with Crippen molar-refractivity contribution >= 4 is 21.8 Å². The maximum atomic E-state index is 13.1. The molecule has 1 N–H and O–H groups in total. The van der Waals surface area contributed by atoms with Crippen molar-refractivity contribution in [3.05, 3.63) is 88.7 Å². The minimum Gasteiger partial charge on any atom is -0.493 e. The van der Waals surface area contributed by atoms with E-state index >= 15 is 0 Å². The lowest BCUT2D eigenvalue weighted by atomic mass is 10.1. The number of ether oxygens (including phenoxy) is 3. The van der Waals surface area contributed by atoms with Crippen LogP contribution in [0.3, 0.4) is 0 Å². The van der Waals surface area contributed by atoms with Crippen LogP contribution in [0.25, 0.3) is 33.1 Å². The van der Waals surface area contributed by atoms with Crippen LogP contribution in [0.4, 0.5) is 0 Å². The van der Waals surface area contributed by atoms with Crippen molar-refractivity contribution in [1.29, 1.82) is 0 Å². The van der Waals surface area contributed by atoms with E-state index in [1.54, 1.807) is 27.4 Å². The average molecular weight is 440 g/mol. The molecule has 0 aliphatic heterocycles. The molecule has 3 aromatic carbocycles. The van der Waals surface area contributed by atoms with E-state index in [4.69, 9.17) is 14.2 Å². The Labute approximate surface area is 191 Å². The molecule has 5 aromatic rings. The number of hydrogen-bond donors (Lipinski definition) is 1. The lowest BCUT2D eigenvalue weighted by molar-refractivity contribution is 0.323. The number of nitrogens with one attached hydrogen (secondary N) is 1. The Balaban J connectivity index is 1.59. The Kier molecular flexibility index (Phi) is 5.26. The van der Waals surface area contributed by atoms with E-state index in [-0.39, 0.29) is 5.43 Å². The number of pyridine rings is 1. The minimum atomic E-state index is -0.00117. The topological polar surface area (TPSA) is 65.5 Å². The average Bonchev–Trinajstić information content (AvgIpc) is 3.26. The first-order valence-electron chi connectivity index (χ1n) is 10.6. The second-order valence-electron chi connectivity index (χ2n) is 7.81. The Morgan fingerprint density at radius 1 is 0.848 bits per heavy atom. The number of nitrogens with zero attached hydrogens (tertiary/aromatic N) is 1. The summed E-state index contributed by atoms with van der Waals surface area (Å²) in [4.78, 5) is 16.5. The van der Waals surface area contributed by atoms with E-state index in [1.807, 2.05) is 66.9 Å². The summed E-state index contributed by atoms with van der Waals surface area (Å²) < 4.78 is 18.5. The molecule has 6 nitrogen and oxygen atoms in total. The molecule has 0 unspecified atom stereocenters. The number of rotatable bonds is 6. The Hall–Kier alpha value is -4.19. The summed E-state index contributed by atoms with van der Waals surface area (Å²) in [7, 11) is 4.80. The zero-order valence-corrected chi connectivity index (χ0v) is 18.7. The third kappa shape index (κ3) is 3.59. The zero-order valence-electron chi connectivity index (χ0n) is 18.7. The van der Waals surface area contributed by atoms with Gasteiger partial charge in [0.25, 0.3) is 0 Å². The zero-order chi connectivity index (χ0) is 22.9. The first kappa shape index (κ1) is 20.7. The minimum absolute atomic E-state index is 0.00117. The van der Waals surface area contributed by atoms with Gasteiger partial charge in [0.2, 0.25) is 5.75 Å². The van der Waals surface area contributed by atoms with E-state index in [0.29, 0.717) is 29.2 Å². The predicted octanol–water partition coefficient (Wildman–Crippen LogP) is 5.22. The summed E-state index contributed by atoms with van der Waals surface area (Å²) in [5.74, 6) is 1.78. The van der Waals surface area contributed by atoms with E-state index < -0.39 is 0 Å². The number of aromatic amines is 1. The number of H-pyrrole nitrogens is 1. The molecule has 0 spiro atoms. The lowest BCUT2D eigenvalue weighted by Crippen LogP contribution is -2.04.